The van der Waals surface area contributed by atoms with Gasteiger partial charge in [-0.05, 0) is 19.3 Å². The van der Waals surface area contributed by atoms with E-state index < -0.39 is 0 Å². The molecule has 0 bridgehead atoms. The second-order valence-corrected chi connectivity index (χ2v) is 6.75. The maximum absolute atomic E-state index is 5.51. The first-order valence-electron chi connectivity index (χ1n) is 10.1. The molecule has 2 aromatic heterocycles. The van der Waals surface area contributed by atoms with Crippen LogP contribution < -0.4 is 21.7 Å². The second-order valence-electron chi connectivity index (χ2n) is 6.75. The van der Waals surface area contributed by atoms with E-state index in [1.807, 2.05) is 17.1 Å². The normalized spacial score (nSPS) is 13.4. The molecular formula is C18H31N9O2. The Morgan fingerprint density at radius 2 is 1.69 bits per heavy atom. The Morgan fingerprint density at radius 3 is 2.38 bits per heavy atom. The van der Waals surface area contributed by atoms with Crippen LogP contribution in [-0.2, 0) is 16.0 Å². The highest BCUT2D eigenvalue weighted by Gasteiger charge is 2.22. The van der Waals surface area contributed by atoms with E-state index in [1.165, 1.54) is 0 Å². The molecule has 29 heavy (non-hydrogen) atoms. The zero-order chi connectivity index (χ0) is 20.2. The van der Waals surface area contributed by atoms with E-state index in [1.54, 1.807) is 6.20 Å². The van der Waals surface area contributed by atoms with Crippen molar-refractivity contribution in [2.75, 3.05) is 62.0 Å². The van der Waals surface area contributed by atoms with E-state index in [0.29, 0.717) is 63.4 Å². The van der Waals surface area contributed by atoms with Gasteiger partial charge in [0, 0.05) is 44.6 Å². The minimum absolute atomic E-state index is 0.469. The van der Waals surface area contributed by atoms with Gasteiger partial charge in [-0.3, -0.25) is 0 Å². The van der Waals surface area contributed by atoms with Crippen molar-refractivity contribution < 1.29 is 9.47 Å². The summed E-state index contributed by atoms with van der Waals surface area (Å²) in [6.07, 6.45) is 8.80. The molecule has 11 heteroatoms. The molecule has 0 saturated heterocycles. The summed E-state index contributed by atoms with van der Waals surface area (Å²) in [7, 11) is 0. The number of aryl methyl sites for hydroxylation is 1. The minimum atomic E-state index is 0.469. The summed E-state index contributed by atoms with van der Waals surface area (Å²) in [6.45, 7) is 4.96. The molecule has 160 valence electrons. The molecule has 2 heterocycles. The van der Waals surface area contributed by atoms with Crippen LogP contribution in [0.2, 0.25) is 0 Å². The molecule has 0 radical (unpaired) electrons. The summed E-state index contributed by atoms with van der Waals surface area (Å²) in [6, 6.07) is 0.469. The number of imidazole rings is 1. The highest BCUT2D eigenvalue weighted by molar-refractivity contribution is 5.43. The maximum atomic E-state index is 5.51. The molecule has 1 aliphatic carbocycles. The summed E-state index contributed by atoms with van der Waals surface area (Å²) >= 11 is 0. The fourth-order valence-electron chi connectivity index (χ4n) is 2.53. The van der Waals surface area contributed by atoms with Gasteiger partial charge in [0.1, 0.15) is 0 Å². The Labute approximate surface area is 170 Å². The van der Waals surface area contributed by atoms with Crippen LogP contribution in [0.3, 0.4) is 0 Å². The Morgan fingerprint density at radius 1 is 0.966 bits per heavy atom. The standard InChI is InChI=1S/C18H31N9O2/c19-4-10-28-12-13-29-11-7-22-17-24-16(25-18(26-17)23-15-2-3-15)21-5-1-8-27-9-6-20-14-27/h6,9,14-15H,1-5,7-8,10-13,19H2,(H3,21,22,23,24,25,26). The van der Waals surface area contributed by atoms with Crippen LogP contribution >= 0.6 is 0 Å². The molecule has 2 aromatic rings. The fraction of sp³-hybridized carbons (Fsp3) is 0.667. The molecule has 0 unspecified atom stereocenters. The lowest BCUT2D eigenvalue weighted by Crippen LogP contribution is -2.17. The summed E-state index contributed by atoms with van der Waals surface area (Å²) < 4.78 is 12.8. The molecule has 11 nitrogen and oxygen atoms in total. The Balaban J connectivity index is 1.41. The lowest BCUT2D eigenvalue weighted by Gasteiger charge is -2.11. The summed E-state index contributed by atoms with van der Waals surface area (Å²) in [5, 5.41) is 9.80. The van der Waals surface area contributed by atoms with Gasteiger partial charge in [0.2, 0.25) is 17.8 Å². The SMILES string of the molecule is NCCOCCOCCNc1nc(NCCCn2ccnc2)nc(NC2CC2)n1. The number of rotatable bonds is 16. The van der Waals surface area contributed by atoms with Gasteiger partial charge >= 0.3 is 0 Å². The second kappa shape index (κ2) is 12.1. The molecule has 0 aromatic carbocycles. The number of nitrogens with one attached hydrogen (secondary N) is 3. The van der Waals surface area contributed by atoms with Gasteiger partial charge in [0.25, 0.3) is 0 Å². The first-order valence-corrected chi connectivity index (χ1v) is 10.1. The monoisotopic (exact) mass is 405 g/mol. The third kappa shape index (κ3) is 8.59. The van der Waals surface area contributed by atoms with E-state index in [4.69, 9.17) is 15.2 Å². The lowest BCUT2D eigenvalue weighted by atomic mass is 10.4. The zero-order valence-corrected chi connectivity index (χ0v) is 16.7. The van der Waals surface area contributed by atoms with Gasteiger partial charge in [0.15, 0.2) is 0 Å². The molecule has 1 aliphatic rings. The van der Waals surface area contributed by atoms with Gasteiger partial charge in [-0.25, -0.2) is 4.98 Å². The number of ether oxygens (including phenoxy) is 2. The van der Waals surface area contributed by atoms with E-state index in [0.717, 1.165) is 32.4 Å². The number of hydrogen-bond acceptors (Lipinski definition) is 10. The topological polar surface area (TPSA) is 137 Å². The number of anilines is 3. The largest absolute Gasteiger partial charge is 0.378 e. The van der Waals surface area contributed by atoms with Crippen LogP contribution in [0.1, 0.15) is 19.3 Å². The van der Waals surface area contributed by atoms with E-state index in [-0.39, 0.29) is 0 Å². The smallest absolute Gasteiger partial charge is 0.229 e. The predicted molar refractivity (Wildman–Crippen MR) is 111 cm³/mol. The first kappa shape index (κ1) is 21.2. The molecule has 0 aliphatic heterocycles. The van der Waals surface area contributed by atoms with Gasteiger partial charge < -0.3 is 35.7 Å². The Kier molecular flexibility index (Phi) is 8.88. The van der Waals surface area contributed by atoms with Gasteiger partial charge in [-0.15, -0.1) is 0 Å². The molecule has 0 atom stereocenters. The number of hydrogen-bond donors (Lipinski definition) is 4. The van der Waals surface area contributed by atoms with Crippen molar-refractivity contribution in [3.8, 4) is 0 Å². The molecule has 5 N–H and O–H groups in total. The third-order valence-corrected chi connectivity index (χ3v) is 4.15. The first-order chi connectivity index (χ1) is 14.3. The molecule has 0 amide bonds. The molecular weight excluding hydrogens is 374 g/mol. The Bertz CT molecular complexity index is 695. The van der Waals surface area contributed by atoms with Crippen LogP contribution in [0.25, 0.3) is 0 Å². The van der Waals surface area contributed by atoms with E-state index >= 15 is 0 Å². The van der Waals surface area contributed by atoms with Crippen LogP contribution in [0, 0.1) is 0 Å². The van der Waals surface area contributed by atoms with Gasteiger partial charge in [-0.1, -0.05) is 0 Å². The molecule has 0 spiro atoms. The van der Waals surface area contributed by atoms with E-state index in [9.17, 15) is 0 Å². The van der Waals surface area contributed by atoms with Crippen molar-refractivity contribution in [1.29, 1.82) is 0 Å². The van der Waals surface area contributed by atoms with Crippen molar-refractivity contribution in [3.63, 3.8) is 0 Å². The average Bonchev–Trinajstić information content (AvgIpc) is 3.38. The quantitative estimate of drug-likeness (QED) is 0.293. The average molecular weight is 406 g/mol. The summed E-state index contributed by atoms with van der Waals surface area (Å²) in [5.74, 6) is 1.69. The highest BCUT2D eigenvalue weighted by Crippen LogP contribution is 2.23. The summed E-state index contributed by atoms with van der Waals surface area (Å²) in [4.78, 5) is 17.4. The maximum Gasteiger partial charge on any atom is 0.229 e. The van der Waals surface area contributed by atoms with Crippen LogP contribution in [0.15, 0.2) is 18.7 Å². The van der Waals surface area contributed by atoms with Gasteiger partial charge in [-0.2, -0.15) is 15.0 Å². The van der Waals surface area contributed by atoms with Crippen molar-refractivity contribution in [1.82, 2.24) is 24.5 Å². The van der Waals surface area contributed by atoms with Crippen LogP contribution in [0.4, 0.5) is 17.8 Å². The highest BCUT2D eigenvalue weighted by atomic mass is 16.5. The summed E-state index contributed by atoms with van der Waals surface area (Å²) in [5.41, 5.74) is 5.37. The van der Waals surface area contributed by atoms with Crippen molar-refractivity contribution >= 4 is 17.8 Å². The third-order valence-electron chi connectivity index (χ3n) is 4.15. The van der Waals surface area contributed by atoms with Crippen LogP contribution in [0.5, 0.6) is 0 Å². The number of nitrogens with zero attached hydrogens (tertiary/aromatic N) is 5. The molecule has 1 fully saturated rings. The van der Waals surface area contributed by atoms with Crippen molar-refractivity contribution in [2.45, 2.75) is 31.8 Å². The van der Waals surface area contributed by atoms with Gasteiger partial charge in [0.05, 0.1) is 32.8 Å². The Hall–Kier alpha value is -2.50. The fourth-order valence-corrected chi connectivity index (χ4v) is 2.53. The molecule has 1 saturated carbocycles. The van der Waals surface area contributed by atoms with Crippen molar-refractivity contribution in [3.05, 3.63) is 18.7 Å². The number of nitrogens with two attached hydrogens (primary N) is 1. The predicted octanol–water partition coefficient (Wildman–Crippen LogP) is 0.548. The molecule has 3 rings (SSSR count). The zero-order valence-electron chi connectivity index (χ0n) is 16.7. The number of aromatic nitrogens is 5. The lowest BCUT2D eigenvalue weighted by molar-refractivity contribution is 0.0547. The van der Waals surface area contributed by atoms with E-state index in [2.05, 4.69) is 35.9 Å². The van der Waals surface area contributed by atoms with Crippen LogP contribution in [-0.4, -0.2) is 76.6 Å². The van der Waals surface area contributed by atoms with Crippen molar-refractivity contribution in [2.24, 2.45) is 5.73 Å². The minimum Gasteiger partial charge on any atom is -0.378 e.